The number of aryl methyl sites for hydroxylation is 2. The third-order valence-corrected chi connectivity index (χ3v) is 3.73. The third kappa shape index (κ3) is 4.01. The monoisotopic (exact) mass is 283 g/mol. The van der Waals surface area contributed by atoms with Crippen LogP contribution < -0.4 is 10.1 Å². The minimum Gasteiger partial charge on any atom is -0.496 e. The maximum atomic E-state index is 5.50. The topological polar surface area (TPSA) is 21.3 Å². The summed E-state index contributed by atoms with van der Waals surface area (Å²) in [7, 11) is 1.73. The minimum atomic E-state index is 0.206. The van der Waals surface area contributed by atoms with E-state index >= 15 is 0 Å². The molecule has 0 radical (unpaired) electrons. The van der Waals surface area contributed by atoms with Crippen molar-refractivity contribution in [2.75, 3.05) is 12.4 Å². The second-order valence-corrected chi connectivity index (χ2v) is 5.56. The second-order valence-electron chi connectivity index (χ2n) is 5.56. The summed E-state index contributed by atoms with van der Waals surface area (Å²) in [4.78, 5) is 0. The fourth-order valence-corrected chi connectivity index (χ4v) is 2.56. The van der Waals surface area contributed by atoms with E-state index < -0.39 is 0 Å². The average Bonchev–Trinajstić information content (AvgIpc) is 2.49. The summed E-state index contributed by atoms with van der Waals surface area (Å²) in [6, 6.07) is 15.3. The number of methoxy groups -OCH3 is 1. The molecule has 2 aromatic rings. The van der Waals surface area contributed by atoms with E-state index in [0.29, 0.717) is 0 Å². The Labute approximate surface area is 128 Å². The highest BCUT2D eigenvalue weighted by Gasteiger charge is 2.11. The summed E-state index contributed by atoms with van der Waals surface area (Å²) < 4.78 is 5.50. The van der Waals surface area contributed by atoms with Crippen LogP contribution in [0.3, 0.4) is 0 Å². The Kier molecular flexibility index (Phi) is 5.26. The van der Waals surface area contributed by atoms with Crippen LogP contribution in [-0.2, 0) is 6.42 Å². The second kappa shape index (κ2) is 7.16. The van der Waals surface area contributed by atoms with Gasteiger partial charge in [0.2, 0.25) is 0 Å². The van der Waals surface area contributed by atoms with Crippen LogP contribution in [0.25, 0.3) is 0 Å². The van der Waals surface area contributed by atoms with E-state index in [0.717, 1.165) is 17.9 Å². The molecule has 1 N–H and O–H groups in total. The fraction of sp³-hybridized carbons (Fsp3) is 0.368. The minimum absolute atomic E-state index is 0.206. The number of benzene rings is 2. The molecule has 112 valence electrons. The molecule has 2 rings (SSSR count). The number of nitrogens with one attached hydrogen (secondary N) is 1. The van der Waals surface area contributed by atoms with Crippen LogP contribution in [0.4, 0.5) is 5.69 Å². The van der Waals surface area contributed by atoms with Gasteiger partial charge in [-0.05, 0) is 49.6 Å². The van der Waals surface area contributed by atoms with E-state index in [4.69, 9.17) is 4.74 Å². The van der Waals surface area contributed by atoms with Gasteiger partial charge < -0.3 is 10.1 Å². The largest absolute Gasteiger partial charge is 0.496 e. The Morgan fingerprint density at radius 2 is 1.81 bits per heavy atom. The summed E-state index contributed by atoms with van der Waals surface area (Å²) in [5.41, 5.74) is 4.93. The number of rotatable bonds is 6. The summed E-state index contributed by atoms with van der Waals surface area (Å²) in [5, 5.41) is 3.54. The molecule has 0 spiro atoms. The lowest BCUT2D eigenvalue weighted by Crippen LogP contribution is -2.08. The molecule has 0 amide bonds. The van der Waals surface area contributed by atoms with Gasteiger partial charge in [-0.1, -0.05) is 37.6 Å². The molecular weight excluding hydrogens is 258 g/mol. The first-order valence-corrected chi connectivity index (χ1v) is 7.64. The Morgan fingerprint density at radius 3 is 2.43 bits per heavy atom. The van der Waals surface area contributed by atoms with E-state index in [1.165, 1.54) is 23.1 Å². The van der Waals surface area contributed by atoms with Gasteiger partial charge in [0.05, 0.1) is 13.2 Å². The number of ether oxygens (including phenoxy) is 1. The fourth-order valence-electron chi connectivity index (χ4n) is 2.56. The first kappa shape index (κ1) is 15.4. The Balaban J connectivity index is 2.12. The van der Waals surface area contributed by atoms with Crippen LogP contribution in [0, 0.1) is 6.92 Å². The van der Waals surface area contributed by atoms with Gasteiger partial charge in [0.15, 0.2) is 0 Å². The van der Waals surface area contributed by atoms with Crippen LogP contribution in [-0.4, -0.2) is 7.11 Å². The number of hydrogen-bond donors (Lipinski definition) is 1. The molecule has 1 atom stereocenters. The van der Waals surface area contributed by atoms with Gasteiger partial charge in [-0.15, -0.1) is 0 Å². The van der Waals surface area contributed by atoms with E-state index in [9.17, 15) is 0 Å². The van der Waals surface area contributed by atoms with E-state index in [2.05, 4.69) is 68.6 Å². The van der Waals surface area contributed by atoms with Crippen molar-refractivity contribution in [1.29, 1.82) is 0 Å². The van der Waals surface area contributed by atoms with Crippen molar-refractivity contribution in [3.05, 3.63) is 59.2 Å². The SMILES string of the molecule is CCCc1ccc(NC(C)c2ccc(C)cc2OC)cc1. The van der Waals surface area contributed by atoms with Gasteiger partial charge in [0.1, 0.15) is 5.75 Å². The van der Waals surface area contributed by atoms with Crippen LogP contribution in [0.15, 0.2) is 42.5 Å². The smallest absolute Gasteiger partial charge is 0.124 e. The molecule has 0 saturated carbocycles. The molecular formula is C19H25NO. The molecule has 2 nitrogen and oxygen atoms in total. The van der Waals surface area contributed by atoms with Crippen molar-refractivity contribution in [1.82, 2.24) is 0 Å². The molecule has 0 aromatic heterocycles. The lowest BCUT2D eigenvalue weighted by atomic mass is 10.0. The lowest BCUT2D eigenvalue weighted by molar-refractivity contribution is 0.407. The van der Waals surface area contributed by atoms with Crippen molar-refractivity contribution in [3.63, 3.8) is 0 Å². The summed E-state index contributed by atoms with van der Waals surface area (Å²) in [5.74, 6) is 0.942. The average molecular weight is 283 g/mol. The normalized spacial score (nSPS) is 12.0. The molecule has 21 heavy (non-hydrogen) atoms. The standard InChI is InChI=1S/C19H25NO/c1-5-6-16-8-10-17(11-9-16)20-15(3)18-12-7-14(2)13-19(18)21-4/h7-13,15,20H,5-6H2,1-4H3. The maximum absolute atomic E-state index is 5.50. The quantitative estimate of drug-likeness (QED) is 0.793. The molecule has 0 fully saturated rings. The van der Waals surface area contributed by atoms with E-state index in [1.807, 2.05) is 0 Å². The number of anilines is 1. The van der Waals surface area contributed by atoms with Crippen molar-refractivity contribution < 1.29 is 4.74 Å². The molecule has 2 aromatic carbocycles. The first-order chi connectivity index (χ1) is 10.1. The highest BCUT2D eigenvalue weighted by molar-refractivity contribution is 5.49. The van der Waals surface area contributed by atoms with Crippen molar-refractivity contribution in [3.8, 4) is 5.75 Å². The Bertz CT molecular complexity index is 575. The lowest BCUT2D eigenvalue weighted by Gasteiger charge is -2.19. The van der Waals surface area contributed by atoms with Crippen molar-refractivity contribution in [2.45, 2.75) is 39.7 Å². The molecule has 2 heteroatoms. The molecule has 0 bridgehead atoms. The zero-order valence-corrected chi connectivity index (χ0v) is 13.4. The Morgan fingerprint density at radius 1 is 1.10 bits per heavy atom. The van der Waals surface area contributed by atoms with Crippen LogP contribution >= 0.6 is 0 Å². The van der Waals surface area contributed by atoms with Crippen molar-refractivity contribution >= 4 is 5.69 Å². The zero-order chi connectivity index (χ0) is 15.2. The maximum Gasteiger partial charge on any atom is 0.124 e. The molecule has 0 saturated heterocycles. The van der Waals surface area contributed by atoms with Gasteiger partial charge in [0.25, 0.3) is 0 Å². The van der Waals surface area contributed by atoms with Gasteiger partial charge >= 0.3 is 0 Å². The van der Waals surface area contributed by atoms with Crippen LogP contribution in [0.2, 0.25) is 0 Å². The predicted molar refractivity (Wildman–Crippen MR) is 90.2 cm³/mol. The van der Waals surface area contributed by atoms with E-state index in [1.54, 1.807) is 7.11 Å². The summed E-state index contributed by atoms with van der Waals surface area (Å²) in [6.07, 6.45) is 2.32. The zero-order valence-electron chi connectivity index (χ0n) is 13.4. The van der Waals surface area contributed by atoms with E-state index in [-0.39, 0.29) is 6.04 Å². The molecule has 0 aliphatic carbocycles. The highest BCUT2D eigenvalue weighted by Crippen LogP contribution is 2.28. The molecule has 0 aliphatic rings. The Hall–Kier alpha value is -1.96. The number of hydrogen-bond acceptors (Lipinski definition) is 2. The van der Waals surface area contributed by atoms with Crippen LogP contribution in [0.1, 0.15) is 43.0 Å². The molecule has 0 heterocycles. The highest BCUT2D eigenvalue weighted by atomic mass is 16.5. The van der Waals surface area contributed by atoms with Gasteiger partial charge in [-0.25, -0.2) is 0 Å². The van der Waals surface area contributed by atoms with Gasteiger partial charge in [-0.3, -0.25) is 0 Å². The van der Waals surface area contributed by atoms with Gasteiger partial charge in [0, 0.05) is 11.3 Å². The third-order valence-electron chi connectivity index (χ3n) is 3.73. The van der Waals surface area contributed by atoms with Gasteiger partial charge in [-0.2, -0.15) is 0 Å². The molecule has 0 aliphatic heterocycles. The first-order valence-electron chi connectivity index (χ1n) is 7.64. The molecule has 1 unspecified atom stereocenters. The summed E-state index contributed by atoms with van der Waals surface area (Å²) in [6.45, 7) is 6.45. The van der Waals surface area contributed by atoms with Crippen molar-refractivity contribution in [2.24, 2.45) is 0 Å². The van der Waals surface area contributed by atoms with Crippen LogP contribution in [0.5, 0.6) is 5.75 Å². The summed E-state index contributed by atoms with van der Waals surface area (Å²) >= 11 is 0. The predicted octanol–water partition coefficient (Wildman–Crippen LogP) is 5.13.